The Morgan fingerprint density at radius 1 is 1.17 bits per heavy atom. The molecule has 1 heterocycles. The Kier molecular flexibility index (Phi) is 6.40. The van der Waals surface area contributed by atoms with E-state index in [1.165, 1.54) is 18.5 Å². The lowest BCUT2D eigenvalue weighted by Crippen LogP contribution is -2.50. The molecule has 4 N–H and O–H groups in total. The Bertz CT molecular complexity index is 941. The van der Waals surface area contributed by atoms with E-state index in [1.54, 1.807) is 0 Å². The van der Waals surface area contributed by atoms with Crippen molar-refractivity contribution in [3.05, 3.63) is 77.7 Å². The average molecular weight is 398 g/mol. The van der Waals surface area contributed by atoms with Crippen LogP contribution in [0.25, 0.3) is 11.1 Å². The number of aromatic nitrogens is 1. The summed E-state index contributed by atoms with van der Waals surface area (Å²) in [5.74, 6) is -0.818. The summed E-state index contributed by atoms with van der Waals surface area (Å²) in [6, 6.07) is 18.7. The predicted molar refractivity (Wildman–Crippen MR) is 102 cm³/mol. The zero-order valence-electron chi connectivity index (χ0n) is 15.8. The number of amides is 1. The zero-order chi connectivity index (χ0) is 20.9. The fourth-order valence-corrected chi connectivity index (χ4v) is 2.85. The Hall–Kier alpha value is -3.04. The summed E-state index contributed by atoms with van der Waals surface area (Å²) < 4.78 is 10.6. The van der Waals surface area contributed by atoms with Gasteiger partial charge in [-0.1, -0.05) is 59.8 Å². The van der Waals surface area contributed by atoms with Crippen LogP contribution in [-0.4, -0.2) is 32.1 Å². The third-order valence-electron chi connectivity index (χ3n) is 4.69. The van der Waals surface area contributed by atoms with Crippen LogP contribution in [0.5, 0.6) is 0 Å². The first-order valence-electron chi connectivity index (χ1n) is 8.95. The van der Waals surface area contributed by atoms with E-state index in [0.29, 0.717) is 0 Å². The molecule has 0 fully saturated rings. The van der Waals surface area contributed by atoms with E-state index in [-0.39, 0.29) is 18.1 Å². The molecule has 0 radical (unpaired) electrons. The number of hydrogen-bond acceptors (Lipinski definition) is 7. The molecule has 8 nitrogen and oxygen atoms in total. The van der Waals surface area contributed by atoms with E-state index in [1.807, 2.05) is 54.6 Å². The lowest BCUT2D eigenvalue weighted by molar-refractivity contribution is -0.174. The van der Waals surface area contributed by atoms with Gasteiger partial charge in [-0.3, -0.25) is 10.0 Å². The molecule has 0 aliphatic heterocycles. The predicted octanol–water partition coefficient (Wildman–Crippen LogP) is 2.35. The molecular formula is C21H22N2O6. The van der Waals surface area contributed by atoms with Gasteiger partial charge in [0.1, 0.15) is 18.4 Å². The van der Waals surface area contributed by atoms with Crippen LogP contribution in [0.2, 0.25) is 0 Å². The molecule has 3 aromatic rings. The van der Waals surface area contributed by atoms with Gasteiger partial charge in [-0.15, -0.1) is 0 Å². The van der Waals surface area contributed by atoms with Gasteiger partial charge >= 0.3 is 0 Å². The van der Waals surface area contributed by atoms with Crippen molar-refractivity contribution in [1.82, 2.24) is 10.6 Å². The molecular weight excluding hydrogens is 376 g/mol. The van der Waals surface area contributed by atoms with Crippen molar-refractivity contribution in [2.24, 2.45) is 0 Å². The smallest absolute Gasteiger partial charge is 0.278 e. The quantitative estimate of drug-likeness (QED) is 0.339. The number of nitrogens with zero attached hydrogens (tertiary/aromatic N) is 1. The first kappa shape index (κ1) is 20.7. The molecule has 29 heavy (non-hydrogen) atoms. The van der Waals surface area contributed by atoms with Gasteiger partial charge in [-0.2, -0.15) is 0 Å². The summed E-state index contributed by atoms with van der Waals surface area (Å²) in [6.45, 7) is 0.923. The number of aliphatic hydroxyl groups excluding tert-OH is 2. The van der Waals surface area contributed by atoms with Crippen molar-refractivity contribution in [2.45, 2.75) is 31.8 Å². The third-order valence-corrected chi connectivity index (χ3v) is 4.69. The van der Waals surface area contributed by atoms with Gasteiger partial charge in [-0.25, -0.2) is 5.48 Å². The topological polar surface area (TPSA) is 125 Å². The molecule has 1 aromatic heterocycles. The number of carbonyl (C=O) groups is 1. The van der Waals surface area contributed by atoms with Gasteiger partial charge in [0.05, 0.1) is 6.61 Å². The Morgan fingerprint density at radius 2 is 1.83 bits per heavy atom. The molecule has 1 amide bonds. The number of ether oxygens (including phenoxy) is 1. The standard InChI is InChI=1S/C21H22N2O6/c1-21(20(26)22-27,19(25)18-11-17(12-24)29-23-18)28-13-14-7-9-16(10-8-14)15-5-3-2-4-6-15/h2-11,19,24-25,27H,12-13H2,1H3,(H,22,26)/t19-,21-/m1/s1. The fraction of sp³-hybridized carbons (Fsp3) is 0.238. The Morgan fingerprint density at radius 3 is 2.41 bits per heavy atom. The van der Waals surface area contributed by atoms with Crippen molar-refractivity contribution in [1.29, 1.82) is 0 Å². The Balaban J connectivity index is 1.76. The van der Waals surface area contributed by atoms with Gasteiger partial charge in [0, 0.05) is 6.07 Å². The largest absolute Gasteiger partial charge is 0.388 e. The number of benzene rings is 2. The fourth-order valence-electron chi connectivity index (χ4n) is 2.85. The minimum absolute atomic E-state index is 0.000393. The summed E-state index contributed by atoms with van der Waals surface area (Å²) in [7, 11) is 0. The molecule has 152 valence electrons. The maximum Gasteiger partial charge on any atom is 0.278 e. The van der Waals surface area contributed by atoms with Gasteiger partial charge in [-0.05, 0) is 23.6 Å². The number of hydrogen-bond donors (Lipinski definition) is 4. The second-order valence-corrected chi connectivity index (χ2v) is 6.68. The summed E-state index contributed by atoms with van der Waals surface area (Å²) in [6.07, 6.45) is -1.54. The van der Waals surface area contributed by atoms with Crippen LogP contribution in [0.3, 0.4) is 0 Å². The number of rotatable bonds is 8. The summed E-state index contributed by atoms with van der Waals surface area (Å²) in [5.41, 5.74) is 2.54. The molecule has 0 bridgehead atoms. The van der Waals surface area contributed by atoms with E-state index < -0.39 is 24.2 Å². The monoisotopic (exact) mass is 398 g/mol. The number of aliphatic hydroxyl groups is 2. The minimum atomic E-state index is -1.85. The first-order valence-corrected chi connectivity index (χ1v) is 8.95. The molecule has 2 aromatic carbocycles. The van der Waals surface area contributed by atoms with Crippen LogP contribution in [0.1, 0.15) is 30.0 Å². The van der Waals surface area contributed by atoms with Crippen LogP contribution in [0.4, 0.5) is 0 Å². The highest BCUT2D eigenvalue weighted by Crippen LogP contribution is 2.31. The zero-order valence-corrected chi connectivity index (χ0v) is 15.8. The van der Waals surface area contributed by atoms with Gasteiger partial charge in [0.25, 0.3) is 5.91 Å². The second-order valence-electron chi connectivity index (χ2n) is 6.68. The van der Waals surface area contributed by atoms with E-state index in [0.717, 1.165) is 16.7 Å². The van der Waals surface area contributed by atoms with Gasteiger partial charge in [0.15, 0.2) is 11.4 Å². The maximum atomic E-state index is 12.2. The summed E-state index contributed by atoms with van der Waals surface area (Å²) in [5, 5.41) is 32.4. The molecule has 0 unspecified atom stereocenters. The van der Waals surface area contributed by atoms with Crippen molar-refractivity contribution >= 4 is 5.91 Å². The molecule has 8 heteroatoms. The number of nitrogens with one attached hydrogen (secondary N) is 1. The van der Waals surface area contributed by atoms with Crippen molar-refractivity contribution in [2.75, 3.05) is 0 Å². The highest BCUT2D eigenvalue weighted by atomic mass is 16.5. The van der Waals surface area contributed by atoms with E-state index in [9.17, 15) is 9.90 Å². The van der Waals surface area contributed by atoms with Crippen molar-refractivity contribution < 1.29 is 29.5 Å². The van der Waals surface area contributed by atoms with Gasteiger partial charge < -0.3 is 19.5 Å². The van der Waals surface area contributed by atoms with Crippen LogP contribution >= 0.6 is 0 Å². The SMILES string of the molecule is C[C@](OCc1ccc(-c2ccccc2)cc1)(C(=O)NO)[C@H](O)c1cc(CO)on1. The van der Waals surface area contributed by atoms with Crippen LogP contribution in [0, 0.1) is 0 Å². The van der Waals surface area contributed by atoms with Gasteiger partial charge in [0.2, 0.25) is 0 Å². The maximum absolute atomic E-state index is 12.2. The molecule has 2 atom stereocenters. The first-order chi connectivity index (χ1) is 14.0. The van der Waals surface area contributed by atoms with Crippen LogP contribution in [0.15, 0.2) is 65.2 Å². The van der Waals surface area contributed by atoms with Crippen molar-refractivity contribution in [3.63, 3.8) is 0 Å². The van der Waals surface area contributed by atoms with E-state index in [2.05, 4.69) is 5.16 Å². The minimum Gasteiger partial charge on any atom is -0.388 e. The number of carbonyl (C=O) groups excluding carboxylic acids is 1. The lowest BCUT2D eigenvalue weighted by atomic mass is 9.95. The van der Waals surface area contributed by atoms with Crippen LogP contribution < -0.4 is 5.48 Å². The lowest BCUT2D eigenvalue weighted by Gasteiger charge is -2.31. The summed E-state index contributed by atoms with van der Waals surface area (Å²) >= 11 is 0. The molecule has 0 aliphatic rings. The average Bonchev–Trinajstić information content (AvgIpc) is 3.26. The van der Waals surface area contributed by atoms with Crippen LogP contribution in [-0.2, 0) is 22.7 Å². The highest BCUT2D eigenvalue weighted by molar-refractivity contribution is 5.84. The van der Waals surface area contributed by atoms with Crippen molar-refractivity contribution in [3.8, 4) is 11.1 Å². The number of hydroxylamine groups is 1. The Labute approximate surface area is 167 Å². The highest BCUT2D eigenvalue weighted by Gasteiger charge is 2.44. The summed E-state index contributed by atoms with van der Waals surface area (Å²) in [4.78, 5) is 12.2. The molecule has 0 aliphatic carbocycles. The molecule has 0 spiro atoms. The van der Waals surface area contributed by atoms with E-state index in [4.69, 9.17) is 19.6 Å². The third kappa shape index (κ3) is 4.52. The molecule has 3 rings (SSSR count). The second kappa shape index (κ2) is 8.97. The normalized spacial score (nSPS) is 14.2. The molecule has 0 saturated heterocycles. The van der Waals surface area contributed by atoms with E-state index >= 15 is 0 Å². The molecule has 0 saturated carbocycles.